The molecule has 1 aliphatic rings. The second-order valence-electron chi connectivity index (χ2n) is 4.30. The van der Waals surface area contributed by atoms with Crippen molar-refractivity contribution >= 4 is 44.8 Å². The van der Waals surface area contributed by atoms with Crippen LogP contribution in [0.15, 0.2) is 16.6 Å². The Morgan fingerprint density at radius 1 is 1.58 bits per heavy atom. The minimum Gasteiger partial charge on any atom is -0.330 e. The number of nitrogens with zero attached hydrogens (tertiary/aromatic N) is 2. The molecule has 0 aliphatic carbocycles. The van der Waals surface area contributed by atoms with Crippen LogP contribution in [0, 0.1) is 16.0 Å². The number of hydrogen-bond donors (Lipinski definition) is 1. The largest absolute Gasteiger partial charge is 0.330 e. The molecule has 0 saturated carbocycles. The van der Waals surface area contributed by atoms with Crippen LogP contribution in [0.25, 0.3) is 0 Å². The Morgan fingerprint density at radius 2 is 2.26 bits per heavy atom. The number of nitrogens with two attached hydrogens (primary N) is 1. The summed E-state index contributed by atoms with van der Waals surface area (Å²) in [4.78, 5) is 23.9. The molecule has 0 aromatic heterocycles. The molecule has 1 atom stereocenters. The lowest BCUT2D eigenvalue weighted by atomic mass is 10.1. The first-order valence-corrected chi connectivity index (χ1v) is 6.75. The van der Waals surface area contributed by atoms with Gasteiger partial charge >= 0.3 is 5.69 Å². The predicted molar refractivity (Wildman–Crippen MR) is 75.3 cm³/mol. The molecular formula is C11H11BrClN3O3. The maximum absolute atomic E-state index is 11.9. The van der Waals surface area contributed by atoms with Gasteiger partial charge in [0.1, 0.15) is 10.7 Å². The number of hydrogen-bond acceptors (Lipinski definition) is 4. The molecule has 1 aliphatic heterocycles. The molecule has 2 N–H and O–H groups in total. The minimum absolute atomic E-state index is 0.00787. The highest BCUT2D eigenvalue weighted by atomic mass is 79.9. The average molecular weight is 349 g/mol. The lowest BCUT2D eigenvalue weighted by Crippen LogP contribution is -2.26. The van der Waals surface area contributed by atoms with Crippen LogP contribution in [0.1, 0.15) is 6.42 Å². The number of halogens is 2. The summed E-state index contributed by atoms with van der Waals surface area (Å²) in [6.07, 6.45) is 0.307. The van der Waals surface area contributed by atoms with Crippen LogP contribution in [-0.4, -0.2) is 23.9 Å². The van der Waals surface area contributed by atoms with E-state index in [-0.39, 0.29) is 28.2 Å². The van der Waals surface area contributed by atoms with E-state index in [1.54, 1.807) is 6.07 Å². The molecule has 1 aromatic carbocycles. The van der Waals surface area contributed by atoms with Gasteiger partial charge in [0.15, 0.2) is 0 Å². The second kappa shape index (κ2) is 5.44. The Bertz CT molecular complexity index is 552. The summed E-state index contributed by atoms with van der Waals surface area (Å²) < 4.78 is 0.423. The first-order chi connectivity index (χ1) is 8.95. The van der Waals surface area contributed by atoms with Crippen LogP contribution in [0.5, 0.6) is 0 Å². The van der Waals surface area contributed by atoms with Gasteiger partial charge in [-0.15, -0.1) is 0 Å². The van der Waals surface area contributed by atoms with Gasteiger partial charge < -0.3 is 10.6 Å². The van der Waals surface area contributed by atoms with E-state index in [2.05, 4.69) is 15.9 Å². The Balaban J connectivity index is 2.49. The van der Waals surface area contributed by atoms with Crippen molar-refractivity contribution in [1.29, 1.82) is 0 Å². The van der Waals surface area contributed by atoms with Crippen LogP contribution >= 0.6 is 27.5 Å². The van der Waals surface area contributed by atoms with Crippen molar-refractivity contribution in [2.75, 3.05) is 18.0 Å². The van der Waals surface area contributed by atoms with Gasteiger partial charge in [0.05, 0.1) is 4.92 Å². The number of carbonyl (C=O) groups excluding carboxylic acids is 1. The topological polar surface area (TPSA) is 89.5 Å². The van der Waals surface area contributed by atoms with E-state index in [9.17, 15) is 14.9 Å². The summed E-state index contributed by atoms with van der Waals surface area (Å²) in [6.45, 7) is 0.758. The standard InChI is InChI=1S/C11H11BrClN3O3/c12-7-1-2-8(11(10(7)13)16(18)19)15-5-6(4-14)3-9(15)17/h1-2,6H,3-5,14H2. The Hall–Kier alpha value is -1.18. The van der Waals surface area contributed by atoms with Crippen LogP contribution in [0.3, 0.4) is 0 Å². The van der Waals surface area contributed by atoms with E-state index >= 15 is 0 Å². The molecule has 0 spiro atoms. The van der Waals surface area contributed by atoms with Gasteiger partial charge in [-0.1, -0.05) is 11.6 Å². The molecule has 1 amide bonds. The van der Waals surface area contributed by atoms with Gasteiger partial charge in [-0.2, -0.15) is 0 Å². The van der Waals surface area contributed by atoms with E-state index in [0.717, 1.165) is 0 Å². The second-order valence-corrected chi connectivity index (χ2v) is 5.53. The highest BCUT2D eigenvalue weighted by Crippen LogP contribution is 2.41. The van der Waals surface area contributed by atoms with Crippen molar-refractivity contribution in [2.45, 2.75) is 6.42 Å². The van der Waals surface area contributed by atoms with Gasteiger partial charge in [0, 0.05) is 17.4 Å². The third kappa shape index (κ3) is 2.58. The smallest absolute Gasteiger partial charge is 0.312 e. The van der Waals surface area contributed by atoms with Crippen molar-refractivity contribution < 1.29 is 9.72 Å². The zero-order valence-corrected chi connectivity index (χ0v) is 12.1. The molecule has 1 unspecified atom stereocenters. The molecule has 1 heterocycles. The van der Waals surface area contributed by atoms with Gasteiger partial charge in [-0.05, 0) is 40.5 Å². The fourth-order valence-corrected chi connectivity index (χ4v) is 2.64. The van der Waals surface area contributed by atoms with E-state index in [4.69, 9.17) is 17.3 Å². The molecule has 8 heteroatoms. The SMILES string of the molecule is NCC1CC(=O)N(c2ccc(Br)c(Cl)c2[N+](=O)[O-])C1. The summed E-state index contributed by atoms with van der Waals surface area (Å²) >= 11 is 9.08. The van der Waals surface area contributed by atoms with E-state index in [0.29, 0.717) is 24.0 Å². The highest BCUT2D eigenvalue weighted by molar-refractivity contribution is 9.10. The van der Waals surface area contributed by atoms with Crippen LogP contribution < -0.4 is 10.6 Å². The molecule has 102 valence electrons. The minimum atomic E-state index is -0.578. The van der Waals surface area contributed by atoms with Crippen molar-refractivity contribution in [2.24, 2.45) is 11.7 Å². The molecule has 6 nitrogen and oxygen atoms in total. The van der Waals surface area contributed by atoms with E-state index in [1.807, 2.05) is 0 Å². The zero-order chi connectivity index (χ0) is 14.2. The van der Waals surface area contributed by atoms with Gasteiger partial charge in [-0.3, -0.25) is 14.9 Å². The molecular weight excluding hydrogens is 337 g/mol. The first-order valence-electron chi connectivity index (χ1n) is 5.58. The molecule has 19 heavy (non-hydrogen) atoms. The summed E-state index contributed by atoms with van der Waals surface area (Å²) in [5.41, 5.74) is 5.50. The monoisotopic (exact) mass is 347 g/mol. The van der Waals surface area contributed by atoms with Crippen molar-refractivity contribution in [3.63, 3.8) is 0 Å². The lowest BCUT2D eigenvalue weighted by Gasteiger charge is -2.17. The van der Waals surface area contributed by atoms with Crippen LogP contribution in [-0.2, 0) is 4.79 Å². The molecule has 1 saturated heterocycles. The van der Waals surface area contributed by atoms with E-state index in [1.165, 1.54) is 11.0 Å². The third-order valence-corrected chi connectivity index (χ3v) is 4.33. The zero-order valence-electron chi connectivity index (χ0n) is 9.81. The highest BCUT2D eigenvalue weighted by Gasteiger charge is 2.35. The predicted octanol–water partition coefficient (Wildman–Crippen LogP) is 2.32. The fraction of sp³-hybridized carbons (Fsp3) is 0.364. The van der Waals surface area contributed by atoms with Crippen molar-refractivity contribution in [3.05, 3.63) is 31.7 Å². The van der Waals surface area contributed by atoms with E-state index < -0.39 is 4.92 Å². The number of nitro groups is 1. The molecule has 0 radical (unpaired) electrons. The Kier molecular flexibility index (Phi) is 4.07. The Morgan fingerprint density at radius 3 is 2.79 bits per heavy atom. The summed E-state index contributed by atoms with van der Waals surface area (Å²) in [5, 5.41) is 11.1. The summed E-state index contributed by atoms with van der Waals surface area (Å²) in [7, 11) is 0. The van der Waals surface area contributed by atoms with Crippen LogP contribution in [0.2, 0.25) is 5.02 Å². The van der Waals surface area contributed by atoms with Gasteiger partial charge in [0.25, 0.3) is 0 Å². The van der Waals surface area contributed by atoms with Crippen molar-refractivity contribution in [1.82, 2.24) is 0 Å². The van der Waals surface area contributed by atoms with Gasteiger partial charge in [0.2, 0.25) is 5.91 Å². The number of carbonyl (C=O) groups is 1. The summed E-state index contributed by atoms with van der Waals surface area (Å²) in [5.74, 6) is -0.147. The maximum Gasteiger partial charge on any atom is 0.312 e. The maximum atomic E-state index is 11.9. The third-order valence-electron chi connectivity index (χ3n) is 3.06. The number of amides is 1. The number of nitro benzene ring substituents is 1. The quantitative estimate of drug-likeness (QED) is 0.670. The number of benzene rings is 1. The normalized spacial score (nSPS) is 19.0. The number of anilines is 1. The molecule has 1 aromatic rings. The lowest BCUT2D eigenvalue weighted by molar-refractivity contribution is -0.384. The van der Waals surface area contributed by atoms with Gasteiger partial charge in [-0.25, -0.2) is 0 Å². The molecule has 2 rings (SSSR count). The molecule has 0 bridgehead atoms. The number of rotatable bonds is 3. The van der Waals surface area contributed by atoms with Crippen LogP contribution in [0.4, 0.5) is 11.4 Å². The average Bonchev–Trinajstić information content (AvgIpc) is 2.73. The summed E-state index contributed by atoms with van der Waals surface area (Å²) in [6, 6.07) is 3.11. The van der Waals surface area contributed by atoms with Crippen molar-refractivity contribution in [3.8, 4) is 0 Å². The Labute approximate surface area is 122 Å². The molecule has 1 fully saturated rings. The first kappa shape index (κ1) is 14.2. The fourth-order valence-electron chi connectivity index (χ4n) is 2.09.